The van der Waals surface area contributed by atoms with E-state index in [4.69, 9.17) is 28.9 Å². The van der Waals surface area contributed by atoms with E-state index in [2.05, 4.69) is 25.9 Å². The lowest BCUT2D eigenvalue weighted by Gasteiger charge is -2.49. The van der Waals surface area contributed by atoms with Gasteiger partial charge in [0.1, 0.15) is 0 Å². The Bertz CT molecular complexity index is 490. The molecule has 0 amide bonds. The fourth-order valence-corrected chi connectivity index (χ4v) is 4.24. The highest BCUT2D eigenvalue weighted by molar-refractivity contribution is 6.35. The van der Waals surface area contributed by atoms with Crippen LogP contribution in [-0.4, -0.2) is 30.6 Å². The average Bonchev–Trinajstić information content (AvgIpc) is 2.41. The summed E-state index contributed by atoms with van der Waals surface area (Å²) < 4.78 is 0. The highest BCUT2D eigenvalue weighted by Crippen LogP contribution is 2.39. The molecule has 2 N–H and O–H groups in total. The third kappa shape index (κ3) is 3.73. The second-order valence-corrected chi connectivity index (χ2v) is 7.59. The van der Waals surface area contributed by atoms with Crippen molar-refractivity contribution >= 4 is 23.2 Å². The fraction of sp³-hybridized carbons (Fsp3) is 0.647. The number of likely N-dealkylation sites (N-methyl/N-ethyl adjacent to an activating group) is 1. The molecule has 0 bridgehead atoms. The molecule has 1 aromatic carbocycles. The predicted molar refractivity (Wildman–Crippen MR) is 92.2 cm³/mol. The van der Waals surface area contributed by atoms with Crippen LogP contribution in [0.5, 0.6) is 0 Å². The molecular formula is C17H26Cl2N2. The summed E-state index contributed by atoms with van der Waals surface area (Å²) in [6, 6.07) is 5.77. The van der Waals surface area contributed by atoms with E-state index in [9.17, 15) is 0 Å². The summed E-state index contributed by atoms with van der Waals surface area (Å²) >= 11 is 12.3. The van der Waals surface area contributed by atoms with Crippen LogP contribution in [0.25, 0.3) is 0 Å². The minimum Gasteiger partial charge on any atom is -0.326 e. The number of hydrogen-bond acceptors (Lipinski definition) is 2. The quantitative estimate of drug-likeness (QED) is 0.888. The lowest BCUT2D eigenvalue weighted by molar-refractivity contribution is 0.0504. The molecule has 2 nitrogen and oxygen atoms in total. The fourth-order valence-electron chi connectivity index (χ4n) is 3.75. The van der Waals surface area contributed by atoms with Gasteiger partial charge in [0.15, 0.2) is 0 Å². The van der Waals surface area contributed by atoms with Gasteiger partial charge >= 0.3 is 0 Å². The lowest BCUT2D eigenvalue weighted by Crippen LogP contribution is -2.60. The summed E-state index contributed by atoms with van der Waals surface area (Å²) in [5.74, 6) is 0.730. The highest BCUT2D eigenvalue weighted by Gasteiger charge is 2.42. The van der Waals surface area contributed by atoms with Gasteiger partial charge in [-0.05, 0) is 57.0 Å². The van der Waals surface area contributed by atoms with Crippen LogP contribution in [0.2, 0.25) is 10.0 Å². The Morgan fingerprint density at radius 2 is 2.10 bits per heavy atom. The van der Waals surface area contributed by atoms with Gasteiger partial charge in [0.05, 0.1) is 0 Å². The highest BCUT2D eigenvalue weighted by atomic mass is 35.5. The van der Waals surface area contributed by atoms with Gasteiger partial charge < -0.3 is 10.6 Å². The molecule has 1 aromatic rings. The largest absolute Gasteiger partial charge is 0.326 e. The molecule has 1 fully saturated rings. The number of hydrogen-bond donors (Lipinski definition) is 1. The smallest absolute Gasteiger partial charge is 0.0453 e. The number of nitrogens with two attached hydrogens (primary N) is 1. The van der Waals surface area contributed by atoms with Crippen molar-refractivity contribution in [2.75, 3.05) is 14.1 Å². The zero-order valence-corrected chi connectivity index (χ0v) is 14.7. The van der Waals surface area contributed by atoms with Gasteiger partial charge in [-0.3, -0.25) is 0 Å². The summed E-state index contributed by atoms with van der Waals surface area (Å²) in [6.45, 7) is 2.33. The molecule has 0 heterocycles. The van der Waals surface area contributed by atoms with Crippen molar-refractivity contribution in [2.24, 2.45) is 11.7 Å². The molecule has 0 aromatic heterocycles. The molecule has 1 aliphatic carbocycles. The molecule has 21 heavy (non-hydrogen) atoms. The minimum absolute atomic E-state index is 0.0701. The first-order valence-electron chi connectivity index (χ1n) is 7.72. The lowest BCUT2D eigenvalue weighted by atomic mass is 9.70. The van der Waals surface area contributed by atoms with Crippen molar-refractivity contribution in [3.05, 3.63) is 33.8 Å². The second kappa shape index (κ2) is 6.87. The van der Waals surface area contributed by atoms with E-state index in [1.165, 1.54) is 12.8 Å². The predicted octanol–water partition coefficient (Wildman–Crippen LogP) is 4.37. The van der Waals surface area contributed by atoms with E-state index in [0.717, 1.165) is 35.8 Å². The molecule has 118 valence electrons. The molecule has 3 unspecified atom stereocenters. The van der Waals surface area contributed by atoms with Crippen LogP contribution in [0, 0.1) is 5.92 Å². The first-order chi connectivity index (χ1) is 9.85. The van der Waals surface area contributed by atoms with Crippen LogP contribution in [-0.2, 0) is 6.42 Å². The molecule has 1 saturated carbocycles. The van der Waals surface area contributed by atoms with E-state index in [0.29, 0.717) is 5.02 Å². The number of halogens is 2. The zero-order valence-electron chi connectivity index (χ0n) is 13.2. The van der Waals surface area contributed by atoms with Gasteiger partial charge in [-0.1, -0.05) is 49.0 Å². The average molecular weight is 329 g/mol. The van der Waals surface area contributed by atoms with Gasteiger partial charge in [-0.15, -0.1) is 0 Å². The molecule has 4 heteroatoms. The Labute approximate surface area is 138 Å². The number of rotatable bonds is 4. The van der Waals surface area contributed by atoms with Crippen LogP contribution in [0.1, 0.15) is 38.2 Å². The Kier molecular flexibility index (Phi) is 5.59. The third-order valence-corrected chi connectivity index (χ3v) is 5.63. The standard InChI is InChI=1S/C17H26Cl2N2/c1-12-5-4-8-17(11-12,21(2)3)16(20)9-13-6-7-14(18)10-15(13)19/h6-7,10,12,16H,4-5,8-9,11,20H2,1-3H3. The number of benzene rings is 1. The maximum atomic E-state index is 6.65. The Hall–Kier alpha value is -0.280. The molecule has 2 rings (SSSR count). The normalized spacial score (nSPS) is 27.9. The molecule has 3 atom stereocenters. The van der Waals surface area contributed by atoms with Crippen molar-refractivity contribution in [1.29, 1.82) is 0 Å². The summed E-state index contributed by atoms with van der Waals surface area (Å²) in [6.07, 6.45) is 5.68. The van der Waals surface area contributed by atoms with Crippen LogP contribution in [0.4, 0.5) is 0 Å². The van der Waals surface area contributed by atoms with Gasteiger partial charge in [-0.25, -0.2) is 0 Å². The van der Waals surface area contributed by atoms with Crippen LogP contribution >= 0.6 is 23.2 Å². The van der Waals surface area contributed by atoms with E-state index in [1.807, 2.05) is 12.1 Å². The first-order valence-corrected chi connectivity index (χ1v) is 8.47. The molecule has 0 spiro atoms. The van der Waals surface area contributed by atoms with E-state index < -0.39 is 0 Å². The van der Waals surface area contributed by atoms with Crippen molar-refractivity contribution in [3.8, 4) is 0 Å². The maximum absolute atomic E-state index is 6.65. The zero-order chi connectivity index (χ0) is 15.6. The van der Waals surface area contributed by atoms with E-state index in [-0.39, 0.29) is 11.6 Å². The summed E-state index contributed by atoms with van der Waals surface area (Å²) in [5.41, 5.74) is 7.81. The molecule has 1 aliphatic rings. The number of nitrogens with zero attached hydrogens (tertiary/aromatic N) is 1. The van der Waals surface area contributed by atoms with Crippen LogP contribution in [0.3, 0.4) is 0 Å². The van der Waals surface area contributed by atoms with Gasteiger partial charge in [0.25, 0.3) is 0 Å². The third-order valence-electron chi connectivity index (χ3n) is 5.04. The van der Waals surface area contributed by atoms with Crippen molar-refractivity contribution in [3.63, 3.8) is 0 Å². The van der Waals surface area contributed by atoms with Crippen molar-refractivity contribution < 1.29 is 0 Å². The Balaban J connectivity index is 2.21. The van der Waals surface area contributed by atoms with Crippen molar-refractivity contribution in [2.45, 2.75) is 50.6 Å². The van der Waals surface area contributed by atoms with Gasteiger partial charge in [0, 0.05) is 21.6 Å². The molecule has 0 aliphatic heterocycles. The Morgan fingerprint density at radius 1 is 1.38 bits per heavy atom. The maximum Gasteiger partial charge on any atom is 0.0453 e. The first kappa shape index (κ1) is 17.1. The van der Waals surface area contributed by atoms with Gasteiger partial charge in [0.2, 0.25) is 0 Å². The van der Waals surface area contributed by atoms with Crippen LogP contribution < -0.4 is 5.73 Å². The summed E-state index contributed by atoms with van der Waals surface area (Å²) in [7, 11) is 4.31. The van der Waals surface area contributed by atoms with E-state index in [1.54, 1.807) is 6.07 Å². The topological polar surface area (TPSA) is 29.3 Å². The summed E-state index contributed by atoms with van der Waals surface area (Å²) in [4.78, 5) is 2.33. The van der Waals surface area contributed by atoms with Gasteiger partial charge in [-0.2, -0.15) is 0 Å². The van der Waals surface area contributed by atoms with Crippen molar-refractivity contribution in [1.82, 2.24) is 4.90 Å². The summed E-state index contributed by atoms with van der Waals surface area (Å²) in [5, 5.41) is 1.39. The second-order valence-electron chi connectivity index (χ2n) is 6.75. The SMILES string of the molecule is CC1CCCC(C(N)Cc2ccc(Cl)cc2Cl)(N(C)C)C1. The Morgan fingerprint density at radius 3 is 2.67 bits per heavy atom. The molecule has 0 radical (unpaired) electrons. The van der Waals surface area contributed by atoms with E-state index >= 15 is 0 Å². The van der Waals surface area contributed by atoms with Crippen LogP contribution in [0.15, 0.2) is 18.2 Å². The monoisotopic (exact) mass is 328 g/mol. The molecule has 0 saturated heterocycles. The molecular weight excluding hydrogens is 303 g/mol. The minimum atomic E-state index is 0.0701.